The number of hydrogen-bond acceptors (Lipinski definition) is 4. The summed E-state index contributed by atoms with van der Waals surface area (Å²) in [4.78, 5) is 11.2. The van der Waals surface area contributed by atoms with E-state index in [9.17, 15) is 18.0 Å². The molecule has 0 saturated heterocycles. The van der Waals surface area contributed by atoms with Crippen LogP contribution >= 0.6 is 0 Å². The lowest BCUT2D eigenvalue weighted by Crippen LogP contribution is -2.37. The Kier molecular flexibility index (Phi) is 9.14. The van der Waals surface area contributed by atoms with Crippen LogP contribution in [0.5, 0.6) is 17.2 Å². The van der Waals surface area contributed by atoms with Gasteiger partial charge >= 0.3 is 12.1 Å². The molecule has 0 aliphatic heterocycles. The van der Waals surface area contributed by atoms with Gasteiger partial charge in [0.2, 0.25) is 0 Å². The molecule has 0 spiro atoms. The van der Waals surface area contributed by atoms with Gasteiger partial charge in [-0.15, -0.1) is 0 Å². The predicted octanol–water partition coefficient (Wildman–Crippen LogP) is 7.31. The molecule has 2 aromatic carbocycles. The SMILES string of the molecule is CC(CCOc1ccc(OC(C)(C)C(=O)O)cc1)Oc1ccc(C(F)(F)F)cc1CC1CCCCC1. The van der Waals surface area contributed by atoms with Crippen LogP contribution in [0, 0.1) is 5.92 Å². The smallest absolute Gasteiger partial charge is 0.416 e. The molecule has 8 heteroatoms. The average Bonchev–Trinajstić information content (AvgIpc) is 2.81. The number of aliphatic carboxylic acids is 1. The summed E-state index contributed by atoms with van der Waals surface area (Å²) in [6.45, 7) is 5.16. The molecule has 198 valence electrons. The van der Waals surface area contributed by atoms with E-state index in [0.29, 0.717) is 48.2 Å². The van der Waals surface area contributed by atoms with Gasteiger partial charge in [0.15, 0.2) is 5.60 Å². The summed E-state index contributed by atoms with van der Waals surface area (Å²) >= 11 is 0. The van der Waals surface area contributed by atoms with Crippen molar-refractivity contribution in [2.24, 2.45) is 5.92 Å². The maximum Gasteiger partial charge on any atom is 0.416 e. The van der Waals surface area contributed by atoms with Gasteiger partial charge in [-0.1, -0.05) is 32.1 Å². The number of alkyl halides is 3. The van der Waals surface area contributed by atoms with E-state index < -0.39 is 23.3 Å². The van der Waals surface area contributed by atoms with Crippen molar-refractivity contribution in [3.63, 3.8) is 0 Å². The second-order valence-corrected chi connectivity index (χ2v) is 9.98. The number of carboxylic acid groups (broad SMARTS) is 1. The highest BCUT2D eigenvalue weighted by Gasteiger charge is 2.32. The van der Waals surface area contributed by atoms with Crippen LogP contribution < -0.4 is 14.2 Å². The summed E-state index contributed by atoms with van der Waals surface area (Å²) in [6, 6.07) is 10.4. The lowest BCUT2D eigenvalue weighted by molar-refractivity contribution is -0.152. The molecule has 5 nitrogen and oxygen atoms in total. The number of rotatable bonds is 11. The first-order valence-electron chi connectivity index (χ1n) is 12.5. The van der Waals surface area contributed by atoms with Crippen molar-refractivity contribution in [1.29, 1.82) is 0 Å². The van der Waals surface area contributed by atoms with Crippen LogP contribution in [0.1, 0.15) is 70.4 Å². The Labute approximate surface area is 210 Å². The van der Waals surface area contributed by atoms with Gasteiger partial charge in [0.05, 0.1) is 18.3 Å². The van der Waals surface area contributed by atoms with Gasteiger partial charge in [-0.3, -0.25) is 0 Å². The quantitative estimate of drug-likeness (QED) is 0.345. The first kappa shape index (κ1) is 27.7. The van der Waals surface area contributed by atoms with E-state index in [0.717, 1.165) is 31.7 Å². The number of carbonyl (C=O) groups is 1. The maximum absolute atomic E-state index is 13.3. The molecular formula is C28H35F3O5. The molecule has 1 unspecified atom stereocenters. The van der Waals surface area contributed by atoms with Crippen LogP contribution in [-0.2, 0) is 17.4 Å². The fraction of sp³-hybridized carbons (Fsp3) is 0.536. The van der Waals surface area contributed by atoms with Crippen molar-refractivity contribution in [3.05, 3.63) is 53.6 Å². The molecular weight excluding hydrogens is 473 g/mol. The highest BCUT2D eigenvalue weighted by atomic mass is 19.4. The van der Waals surface area contributed by atoms with E-state index in [2.05, 4.69) is 0 Å². The van der Waals surface area contributed by atoms with Crippen molar-refractivity contribution in [2.75, 3.05) is 6.61 Å². The number of benzene rings is 2. The Hall–Kier alpha value is -2.90. The summed E-state index contributed by atoms with van der Waals surface area (Å²) in [5, 5.41) is 9.17. The van der Waals surface area contributed by atoms with Crippen LogP contribution in [0.4, 0.5) is 13.2 Å². The monoisotopic (exact) mass is 508 g/mol. The second kappa shape index (κ2) is 11.9. The van der Waals surface area contributed by atoms with Crippen LogP contribution in [0.3, 0.4) is 0 Å². The fourth-order valence-electron chi connectivity index (χ4n) is 4.29. The minimum Gasteiger partial charge on any atom is -0.493 e. The van der Waals surface area contributed by atoms with Gasteiger partial charge in [-0.05, 0) is 81.1 Å². The molecule has 0 amide bonds. The molecule has 1 atom stereocenters. The summed E-state index contributed by atoms with van der Waals surface area (Å²) in [5.41, 5.74) is -1.37. The summed E-state index contributed by atoms with van der Waals surface area (Å²) < 4.78 is 57.3. The van der Waals surface area contributed by atoms with Crippen molar-refractivity contribution in [1.82, 2.24) is 0 Å². The number of ether oxygens (including phenoxy) is 3. The van der Waals surface area contributed by atoms with E-state index in [1.54, 1.807) is 24.3 Å². The van der Waals surface area contributed by atoms with Gasteiger partial charge in [0, 0.05) is 6.42 Å². The number of carboxylic acids is 1. The third-order valence-electron chi connectivity index (χ3n) is 6.45. The first-order valence-corrected chi connectivity index (χ1v) is 12.5. The minimum absolute atomic E-state index is 0.259. The minimum atomic E-state index is -4.39. The number of hydrogen-bond donors (Lipinski definition) is 1. The predicted molar refractivity (Wildman–Crippen MR) is 131 cm³/mol. The molecule has 1 fully saturated rings. The molecule has 1 saturated carbocycles. The van der Waals surface area contributed by atoms with Crippen LogP contribution in [0.15, 0.2) is 42.5 Å². The Balaban J connectivity index is 1.56. The Morgan fingerprint density at radius 2 is 1.67 bits per heavy atom. The molecule has 1 N–H and O–H groups in total. The molecule has 0 radical (unpaired) electrons. The van der Waals surface area contributed by atoms with Crippen molar-refractivity contribution < 1.29 is 37.3 Å². The van der Waals surface area contributed by atoms with Gasteiger partial charge in [-0.2, -0.15) is 13.2 Å². The van der Waals surface area contributed by atoms with Gasteiger partial charge in [0.1, 0.15) is 17.2 Å². The average molecular weight is 509 g/mol. The third kappa shape index (κ3) is 8.07. The maximum atomic E-state index is 13.3. The summed E-state index contributed by atoms with van der Waals surface area (Å²) in [6.07, 6.45) is 2.00. The molecule has 0 heterocycles. The second-order valence-electron chi connectivity index (χ2n) is 9.98. The largest absolute Gasteiger partial charge is 0.493 e. The summed E-state index contributed by atoms with van der Waals surface area (Å²) in [7, 11) is 0. The Morgan fingerprint density at radius 1 is 1.03 bits per heavy atom. The number of halogens is 3. The molecule has 0 bridgehead atoms. The van der Waals surface area contributed by atoms with Crippen LogP contribution in [0.2, 0.25) is 0 Å². The van der Waals surface area contributed by atoms with Crippen LogP contribution in [0.25, 0.3) is 0 Å². The normalized spacial score (nSPS) is 15.8. The molecule has 2 aromatic rings. The topological polar surface area (TPSA) is 65.0 Å². The lowest BCUT2D eigenvalue weighted by atomic mass is 9.84. The van der Waals surface area contributed by atoms with E-state index in [1.165, 1.54) is 32.4 Å². The van der Waals surface area contributed by atoms with Gasteiger partial charge in [0.25, 0.3) is 0 Å². The van der Waals surface area contributed by atoms with Gasteiger partial charge < -0.3 is 19.3 Å². The molecule has 36 heavy (non-hydrogen) atoms. The highest BCUT2D eigenvalue weighted by molar-refractivity contribution is 5.76. The zero-order chi connectivity index (χ0) is 26.3. The highest BCUT2D eigenvalue weighted by Crippen LogP contribution is 2.36. The lowest BCUT2D eigenvalue weighted by Gasteiger charge is -2.24. The molecule has 1 aliphatic rings. The molecule has 0 aromatic heterocycles. The van der Waals surface area contributed by atoms with E-state index in [1.807, 2.05) is 6.92 Å². The van der Waals surface area contributed by atoms with Crippen LogP contribution in [-0.4, -0.2) is 29.4 Å². The Morgan fingerprint density at radius 3 is 2.28 bits per heavy atom. The van der Waals surface area contributed by atoms with E-state index >= 15 is 0 Å². The van der Waals surface area contributed by atoms with E-state index in [-0.39, 0.29) is 6.10 Å². The fourth-order valence-corrected chi connectivity index (χ4v) is 4.29. The zero-order valence-electron chi connectivity index (χ0n) is 21.1. The standard InChI is InChI=1S/C28H35F3O5/c1-19(15-16-34-23-10-12-24(13-11-23)36-27(2,3)26(32)33)35-25-14-9-22(28(29,30)31)18-21(25)17-20-7-5-4-6-8-20/h9-14,18-20H,4-8,15-17H2,1-3H3,(H,32,33). The zero-order valence-corrected chi connectivity index (χ0v) is 21.1. The van der Waals surface area contributed by atoms with Crippen molar-refractivity contribution >= 4 is 5.97 Å². The van der Waals surface area contributed by atoms with Crippen molar-refractivity contribution in [3.8, 4) is 17.2 Å². The van der Waals surface area contributed by atoms with E-state index in [4.69, 9.17) is 19.3 Å². The third-order valence-corrected chi connectivity index (χ3v) is 6.45. The molecule has 1 aliphatic carbocycles. The molecule has 3 rings (SSSR count). The van der Waals surface area contributed by atoms with Gasteiger partial charge in [-0.25, -0.2) is 4.79 Å². The first-order chi connectivity index (χ1) is 16.9. The van der Waals surface area contributed by atoms with Crippen molar-refractivity contribution in [2.45, 2.75) is 83.6 Å². The Bertz CT molecular complexity index is 995. The summed E-state index contributed by atoms with van der Waals surface area (Å²) in [5.74, 6) is 0.834.